The van der Waals surface area contributed by atoms with Crippen molar-refractivity contribution in [1.29, 1.82) is 0 Å². The standard InChI is InChI=1S/C9H9BrN8/c1-11-9-13-5(4-3-12-16-8(4)14-9)6-7(10)15-17-18(6)2/h3H,1-2H3,(H2,11,12,13,14,16). The van der Waals surface area contributed by atoms with Gasteiger partial charge in [0, 0.05) is 14.1 Å². The molecule has 0 fully saturated rings. The molecule has 3 aromatic rings. The third-order valence-electron chi connectivity index (χ3n) is 2.54. The Morgan fingerprint density at radius 1 is 1.39 bits per heavy atom. The lowest BCUT2D eigenvalue weighted by Gasteiger charge is -2.05. The van der Waals surface area contributed by atoms with Gasteiger partial charge in [-0.05, 0) is 15.9 Å². The van der Waals surface area contributed by atoms with Gasteiger partial charge in [-0.15, -0.1) is 5.10 Å². The molecule has 0 saturated carbocycles. The van der Waals surface area contributed by atoms with Gasteiger partial charge in [0.15, 0.2) is 10.3 Å². The Balaban J connectivity index is 2.37. The number of rotatable bonds is 2. The highest BCUT2D eigenvalue weighted by Crippen LogP contribution is 2.29. The minimum atomic E-state index is 0.509. The van der Waals surface area contributed by atoms with Gasteiger partial charge in [0.2, 0.25) is 5.95 Å². The molecule has 92 valence electrons. The minimum absolute atomic E-state index is 0.509. The lowest BCUT2D eigenvalue weighted by molar-refractivity contribution is 0.719. The summed E-state index contributed by atoms with van der Waals surface area (Å²) in [7, 11) is 3.57. The monoisotopic (exact) mass is 308 g/mol. The average molecular weight is 309 g/mol. The minimum Gasteiger partial charge on any atom is -0.357 e. The van der Waals surface area contributed by atoms with Crippen molar-refractivity contribution in [1.82, 2.24) is 35.2 Å². The first-order valence-corrected chi connectivity index (χ1v) is 5.94. The van der Waals surface area contributed by atoms with Crippen LogP contribution in [0.25, 0.3) is 22.4 Å². The third-order valence-corrected chi connectivity index (χ3v) is 3.08. The zero-order valence-corrected chi connectivity index (χ0v) is 11.2. The first-order valence-electron chi connectivity index (χ1n) is 5.15. The second-order valence-electron chi connectivity index (χ2n) is 3.63. The number of aromatic amines is 1. The fourth-order valence-corrected chi connectivity index (χ4v) is 2.23. The van der Waals surface area contributed by atoms with Gasteiger partial charge in [0.1, 0.15) is 11.4 Å². The summed E-state index contributed by atoms with van der Waals surface area (Å²) in [4.78, 5) is 8.72. The quantitative estimate of drug-likeness (QED) is 0.731. The van der Waals surface area contributed by atoms with Crippen molar-refractivity contribution >= 4 is 32.9 Å². The molecule has 3 aromatic heterocycles. The Morgan fingerprint density at radius 3 is 2.89 bits per heavy atom. The van der Waals surface area contributed by atoms with E-state index < -0.39 is 0 Å². The van der Waals surface area contributed by atoms with Crippen molar-refractivity contribution in [3.63, 3.8) is 0 Å². The number of fused-ring (bicyclic) bond motifs is 1. The molecule has 3 heterocycles. The average Bonchev–Trinajstić information content (AvgIpc) is 2.95. The highest BCUT2D eigenvalue weighted by Gasteiger charge is 2.18. The Labute approximate surface area is 110 Å². The summed E-state index contributed by atoms with van der Waals surface area (Å²) < 4.78 is 2.28. The molecule has 0 amide bonds. The topological polar surface area (TPSA) is 97.2 Å². The molecule has 0 spiro atoms. The molecular formula is C9H9BrN8. The molecule has 0 aliphatic carbocycles. The van der Waals surface area contributed by atoms with E-state index in [-0.39, 0.29) is 0 Å². The number of nitrogens with one attached hydrogen (secondary N) is 2. The van der Waals surface area contributed by atoms with Crippen molar-refractivity contribution in [2.45, 2.75) is 0 Å². The van der Waals surface area contributed by atoms with Crippen molar-refractivity contribution in [3.8, 4) is 11.4 Å². The number of hydrogen-bond donors (Lipinski definition) is 2. The normalized spacial score (nSPS) is 11.1. The lowest BCUT2D eigenvalue weighted by Crippen LogP contribution is -2.01. The van der Waals surface area contributed by atoms with Gasteiger partial charge >= 0.3 is 0 Å². The summed E-state index contributed by atoms with van der Waals surface area (Å²) in [6.07, 6.45) is 1.68. The first-order chi connectivity index (χ1) is 8.70. The Hall–Kier alpha value is -2.03. The van der Waals surface area contributed by atoms with Crippen molar-refractivity contribution in [3.05, 3.63) is 10.8 Å². The van der Waals surface area contributed by atoms with Crippen LogP contribution in [0.15, 0.2) is 10.8 Å². The highest BCUT2D eigenvalue weighted by molar-refractivity contribution is 9.10. The van der Waals surface area contributed by atoms with Gasteiger partial charge in [0.05, 0.1) is 11.6 Å². The molecular weight excluding hydrogens is 300 g/mol. The van der Waals surface area contributed by atoms with Crippen molar-refractivity contribution < 1.29 is 0 Å². The first kappa shape index (κ1) is 11.1. The third kappa shape index (κ3) is 1.55. The number of H-pyrrole nitrogens is 1. The maximum absolute atomic E-state index is 4.44. The molecule has 2 N–H and O–H groups in total. The zero-order valence-electron chi connectivity index (χ0n) is 9.64. The van der Waals surface area contributed by atoms with E-state index in [1.54, 1.807) is 25.0 Å². The smallest absolute Gasteiger partial charge is 0.225 e. The van der Waals surface area contributed by atoms with Crippen LogP contribution >= 0.6 is 15.9 Å². The van der Waals surface area contributed by atoms with Crippen LogP contribution in [0, 0.1) is 0 Å². The predicted molar refractivity (Wildman–Crippen MR) is 68.9 cm³/mol. The number of nitrogens with zero attached hydrogens (tertiary/aromatic N) is 6. The SMILES string of the molecule is CNc1nc(-c2c(Br)nnn2C)c2cn[nH]c2n1. The molecule has 8 nitrogen and oxygen atoms in total. The molecule has 0 atom stereocenters. The van der Waals surface area contributed by atoms with E-state index >= 15 is 0 Å². The summed E-state index contributed by atoms with van der Waals surface area (Å²) in [6, 6.07) is 0. The van der Waals surface area contributed by atoms with E-state index in [1.807, 2.05) is 0 Å². The lowest BCUT2D eigenvalue weighted by atomic mass is 10.2. The van der Waals surface area contributed by atoms with Gasteiger partial charge in [-0.1, -0.05) is 5.21 Å². The van der Waals surface area contributed by atoms with E-state index in [0.29, 0.717) is 16.2 Å². The molecule has 0 aliphatic heterocycles. The van der Waals surface area contributed by atoms with Crippen molar-refractivity contribution in [2.24, 2.45) is 7.05 Å². The molecule has 9 heteroatoms. The van der Waals surface area contributed by atoms with Crippen LogP contribution in [0.1, 0.15) is 0 Å². The van der Waals surface area contributed by atoms with Gasteiger partial charge in [-0.2, -0.15) is 10.1 Å². The fourth-order valence-electron chi connectivity index (χ4n) is 1.71. The number of halogens is 1. The molecule has 18 heavy (non-hydrogen) atoms. The number of anilines is 1. The Bertz CT molecular complexity index is 695. The molecule has 0 saturated heterocycles. The van der Waals surface area contributed by atoms with Crippen LogP contribution in [0.5, 0.6) is 0 Å². The second-order valence-corrected chi connectivity index (χ2v) is 4.38. The largest absolute Gasteiger partial charge is 0.357 e. The maximum Gasteiger partial charge on any atom is 0.225 e. The molecule has 0 unspecified atom stereocenters. The Morgan fingerprint density at radius 2 is 2.22 bits per heavy atom. The van der Waals surface area contributed by atoms with Gasteiger partial charge in [-0.3, -0.25) is 5.10 Å². The molecule has 0 radical (unpaired) electrons. The zero-order chi connectivity index (χ0) is 12.7. The molecule has 0 bridgehead atoms. The van der Waals surface area contributed by atoms with Crippen LogP contribution in [0.2, 0.25) is 0 Å². The number of aromatic nitrogens is 7. The van der Waals surface area contributed by atoms with E-state index in [9.17, 15) is 0 Å². The van der Waals surface area contributed by atoms with Crippen LogP contribution < -0.4 is 5.32 Å². The molecule has 0 aromatic carbocycles. The Kier molecular flexibility index (Phi) is 2.47. The molecule has 0 aliphatic rings. The van der Waals surface area contributed by atoms with E-state index in [4.69, 9.17) is 0 Å². The van der Waals surface area contributed by atoms with Crippen LogP contribution in [-0.4, -0.2) is 42.2 Å². The van der Waals surface area contributed by atoms with Gasteiger partial charge in [-0.25, -0.2) is 9.67 Å². The summed E-state index contributed by atoms with van der Waals surface area (Å²) in [5.41, 5.74) is 2.16. The van der Waals surface area contributed by atoms with Gasteiger partial charge < -0.3 is 5.32 Å². The van der Waals surface area contributed by atoms with Gasteiger partial charge in [0.25, 0.3) is 0 Å². The summed E-state index contributed by atoms with van der Waals surface area (Å²) in [5.74, 6) is 0.509. The van der Waals surface area contributed by atoms with E-state index in [0.717, 1.165) is 16.8 Å². The summed E-state index contributed by atoms with van der Waals surface area (Å²) >= 11 is 3.37. The number of hydrogen-bond acceptors (Lipinski definition) is 6. The maximum atomic E-state index is 4.44. The van der Waals surface area contributed by atoms with E-state index in [1.165, 1.54) is 0 Å². The van der Waals surface area contributed by atoms with Crippen LogP contribution in [-0.2, 0) is 7.05 Å². The van der Waals surface area contributed by atoms with Crippen molar-refractivity contribution in [2.75, 3.05) is 12.4 Å². The van der Waals surface area contributed by atoms with E-state index in [2.05, 4.69) is 51.7 Å². The van der Waals surface area contributed by atoms with Crippen LogP contribution in [0.4, 0.5) is 5.95 Å². The highest BCUT2D eigenvalue weighted by atomic mass is 79.9. The summed E-state index contributed by atoms with van der Waals surface area (Å²) in [5, 5.41) is 18.5. The number of aryl methyl sites for hydroxylation is 1. The van der Waals surface area contributed by atoms with Crippen LogP contribution in [0.3, 0.4) is 0 Å². The summed E-state index contributed by atoms with van der Waals surface area (Å²) in [6.45, 7) is 0. The molecule has 3 rings (SSSR count). The second kappa shape index (κ2) is 4.02. The predicted octanol–water partition coefficient (Wildman–Crippen LogP) is 0.953. The fraction of sp³-hybridized carbons (Fsp3) is 0.222.